The number of nitriles is 1. The number of Topliss-reactive ketones (excluding diaryl/α,β-unsaturated/α-hetero) is 1. The van der Waals surface area contributed by atoms with E-state index in [1.54, 1.807) is 10.9 Å². The lowest BCUT2D eigenvalue weighted by Gasteiger charge is -2.39. The first-order valence-electron chi connectivity index (χ1n) is 9.13. The molecule has 1 aliphatic carbocycles. The lowest BCUT2D eigenvalue weighted by molar-refractivity contribution is -0.116. The largest absolute Gasteiger partial charge is 0.384 e. The molecule has 1 atom stereocenters. The van der Waals surface area contributed by atoms with Gasteiger partial charge in [-0.05, 0) is 37.5 Å². The number of benzene rings is 1. The number of rotatable bonds is 2. The SMILES string of the molecule is Cc1ccc(N2C(N)=C(C#N)[C@@H](c3cnn(C)c3)C3=C2CCCC3=O)cc1Cl. The van der Waals surface area contributed by atoms with Crippen molar-refractivity contribution in [3.63, 3.8) is 0 Å². The second-order valence-corrected chi connectivity index (χ2v) is 7.60. The summed E-state index contributed by atoms with van der Waals surface area (Å²) >= 11 is 6.34. The zero-order valence-corrected chi connectivity index (χ0v) is 16.5. The fraction of sp³-hybridized carbons (Fsp3) is 0.286. The number of aryl methyl sites for hydroxylation is 2. The highest BCUT2D eigenvalue weighted by atomic mass is 35.5. The molecule has 2 heterocycles. The van der Waals surface area contributed by atoms with E-state index in [4.69, 9.17) is 17.3 Å². The van der Waals surface area contributed by atoms with E-state index in [1.807, 2.05) is 43.3 Å². The fourth-order valence-corrected chi connectivity index (χ4v) is 4.20. The van der Waals surface area contributed by atoms with Gasteiger partial charge in [-0.2, -0.15) is 10.4 Å². The molecule has 1 aromatic heterocycles. The highest BCUT2D eigenvalue weighted by molar-refractivity contribution is 6.31. The smallest absolute Gasteiger partial charge is 0.161 e. The molecule has 0 radical (unpaired) electrons. The number of carbonyl (C=O) groups is 1. The summed E-state index contributed by atoms with van der Waals surface area (Å²) in [6.45, 7) is 1.93. The van der Waals surface area contributed by atoms with Crippen molar-refractivity contribution in [3.05, 3.63) is 69.4 Å². The Morgan fingerprint density at radius 3 is 2.79 bits per heavy atom. The Bertz CT molecular complexity index is 1090. The van der Waals surface area contributed by atoms with Crippen molar-refractivity contribution in [2.45, 2.75) is 32.1 Å². The standard InChI is InChI=1S/C21H20ClN5O/c1-12-6-7-14(8-16(12)22)27-17-4-3-5-18(28)20(17)19(15(9-23)21(27)24)13-10-25-26(2)11-13/h6-8,10-11,19H,3-5,24H2,1-2H3/t19-/m1/s1. The second-order valence-electron chi connectivity index (χ2n) is 7.20. The molecule has 28 heavy (non-hydrogen) atoms. The molecule has 0 saturated carbocycles. The first kappa shape index (κ1) is 18.3. The summed E-state index contributed by atoms with van der Waals surface area (Å²) in [6, 6.07) is 7.90. The van der Waals surface area contributed by atoms with Gasteiger partial charge in [0.2, 0.25) is 0 Å². The maximum atomic E-state index is 13.0. The summed E-state index contributed by atoms with van der Waals surface area (Å²) < 4.78 is 1.67. The third kappa shape index (κ3) is 2.79. The lowest BCUT2D eigenvalue weighted by Crippen LogP contribution is -2.38. The van der Waals surface area contributed by atoms with Crippen LogP contribution in [0.1, 0.15) is 36.3 Å². The Morgan fingerprint density at radius 1 is 1.36 bits per heavy atom. The fourth-order valence-electron chi connectivity index (χ4n) is 4.02. The summed E-state index contributed by atoms with van der Waals surface area (Å²) in [7, 11) is 1.81. The molecule has 0 fully saturated rings. The Balaban J connectivity index is 1.97. The Hall–Kier alpha value is -3.04. The van der Waals surface area contributed by atoms with Gasteiger partial charge in [0.05, 0.1) is 23.8 Å². The van der Waals surface area contributed by atoms with Crippen LogP contribution < -0.4 is 10.6 Å². The first-order valence-corrected chi connectivity index (χ1v) is 9.51. The molecule has 6 nitrogen and oxygen atoms in total. The van der Waals surface area contributed by atoms with Gasteiger partial charge in [-0.25, -0.2) is 0 Å². The summed E-state index contributed by atoms with van der Waals surface area (Å²) in [5, 5.41) is 14.8. The molecular formula is C21H20ClN5O. The number of hydrogen-bond donors (Lipinski definition) is 1. The molecule has 0 bridgehead atoms. The van der Waals surface area contributed by atoms with Gasteiger partial charge in [-0.1, -0.05) is 17.7 Å². The molecule has 2 aromatic rings. The van der Waals surface area contributed by atoms with Gasteiger partial charge in [0.1, 0.15) is 5.82 Å². The average Bonchev–Trinajstić information content (AvgIpc) is 3.09. The highest BCUT2D eigenvalue weighted by Crippen LogP contribution is 2.46. The number of ketones is 1. The van der Waals surface area contributed by atoms with Gasteiger partial charge >= 0.3 is 0 Å². The summed E-state index contributed by atoms with van der Waals surface area (Å²) in [6.07, 6.45) is 5.46. The van der Waals surface area contributed by atoms with E-state index in [0.717, 1.165) is 28.9 Å². The molecule has 4 rings (SSSR count). The topological polar surface area (TPSA) is 87.9 Å². The minimum Gasteiger partial charge on any atom is -0.384 e. The monoisotopic (exact) mass is 393 g/mol. The van der Waals surface area contributed by atoms with Crippen LogP contribution in [0.2, 0.25) is 5.02 Å². The molecule has 0 spiro atoms. The number of halogens is 1. The van der Waals surface area contributed by atoms with Gasteiger partial charge in [-0.15, -0.1) is 0 Å². The normalized spacial score (nSPS) is 19.7. The van der Waals surface area contributed by atoms with Crippen LogP contribution in [0.15, 0.2) is 53.3 Å². The number of nitrogens with two attached hydrogens (primary N) is 1. The maximum Gasteiger partial charge on any atom is 0.161 e. The van der Waals surface area contributed by atoms with Gasteiger partial charge in [-0.3, -0.25) is 14.4 Å². The van der Waals surface area contributed by atoms with Crippen LogP contribution in [0.5, 0.6) is 0 Å². The predicted molar refractivity (Wildman–Crippen MR) is 107 cm³/mol. The number of nitrogens with zero attached hydrogens (tertiary/aromatic N) is 4. The number of carbonyl (C=O) groups excluding carboxylic acids is 1. The van der Waals surface area contributed by atoms with Crippen LogP contribution in [-0.2, 0) is 11.8 Å². The van der Waals surface area contributed by atoms with Crippen LogP contribution in [0.25, 0.3) is 0 Å². The molecule has 2 N–H and O–H groups in total. The molecule has 142 valence electrons. The van der Waals surface area contributed by atoms with Gasteiger partial charge in [0, 0.05) is 47.2 Å². The van der Waals surface area contributed by atoms with Gasteiger partial charge < -0.3 is 5.73 Å². The number of anilines is 1. The number of aromatic nitrogens is 2. The zero-order valence-electron chi connectivity index (χ0n) is 15.7. The van der Waals surface area contributed by atoms with E-state index in [0.29, 0.717) is 34.8 Å². The minimum absolute atomic E-state index is 0.0542. The van der Waals surface area contributed by atoms with E-state index in [2.05, 4.69) is 11.2 Å². The van der Waals surface area contributed by atoms with E-state index >= 15 is 0 Å². The average molecular weight is 394 g/mol. The number of allylic oxidation sites excluding steroid dienone is 3. The molecule has 1 aliphatic heterocycles. The maximum absolute atomic E-state index is 13.0. The Morgan fingerprint density at radius 2 is 2.14 bits per heavy atom. The van der Waals surface area contributed by atoms with Crippen LogP contribution in [0, 0.1) is 18.3 Å². The van der Waals surface area contributed by atoms with Crippen molar-refractivity contribution < 1.29 is 4.79 Å². The first-order chi connectivity index (χ1) is 13.4. The van der Waals surface area contributed by atoms with Crippen molar-refractivity contribution in [2.24, 2.45) is 12.8 Å². The predicted octanol–water partition coefficient (Wildman–Crippen LogP) is 3.69. The van der Waals surface area contributed by atoms with Crippen molar-refractivity contribution in [3.8, 4) is 6.07 Å². The quantitative estimate of drug-likeness (QED) is 0.840. The van der Waals surface area contributed by atoms with Crippen LogP contribution in [0.3, 0.4) is 0 Å². The van der Waals surface area contributed by atoms with Crippen LogP contribution >= 0.6 is 11.6 Å². The van der Waals surface area contributed by atoms with E-state index in [9.17, 15) is 10.1 Å². The lowest BCUT2D eigenvalue weighted by atomic mass is 9.76. The van der Waals surface area contributed by atoms with Crippen molar-refractivity contribution in [1.29, 1.82) is 5.26 Å². The molecule has 0 unspecified atom stereocenters. The van der Waals surface area contributed by atoms with Gasteiger partial charge in [0.25, 0.3) is 0 Å². The second kappa shape index (κ2) is 6.84. The molecule has 2 aliphatic rings. The van der Waals surface area contributed by atoms with Crippen molar-refractivity contribution in [1.82, 2.24) is 9.78 Å². The van der Waals surface area contributed by atoms with Gasteiger partial charge in [0.15, 0.2) is 5.78 Å². The van der Waals surface area contributed by atoms with E-state index in [-0.39, 0.29) is 5.78 Å². The summed E-state index contributed by atoms with van der Waals surface area (Å²) in [4.78, 5) is 14.8. The molecule has 7 heteroatoms. The summed E-state index contributed by atoms with van der Waals surface area (Å²) in [5.74, 6) is -0.0954. The van der Waals surface area contributed by atoms with E-state index < -0.39 is 5.92 Å². The van der Waals surface area contributed by atoms with Crippen LogP contribution in [-0.4, -0.2) is 15.6 Å². The molecule has 0 amide bonds. The molecule has 0 saturated heterocycles. The van der Waals surface area contributed by atoms with Crippen molar-refractivity contribution in [2.75, 3.05) is 4.90 Å². The molecule has 1 aromatic carbocycles. The third-order valence-electron chi connectivity index (χ3n) is 5.39. The van der Waals surface area contributed by atoms with Crippen molar-refractivity contribution >= 4 is 23.1 Å². The minimum atomic E-state index is -0.487. The Kier molecular flexibility index (Phi) is 4.48. The summed E-state index contributed by atoms with van der Waals surface area (Å²) in [5.41, 5.74) is 10.9. The Labute approximate surface area is 168 Å². The number of hydrogen-bond acceptors (Lipinski definition) is 5. The highest BCUT2D eigenvalue weighted by Gasteiger charge is 2.40. The third-order valence-corrected chi connectivity index (χ3v) is 5.79. The van der Waals surface area contributed by atoms with E-state index in [1.165, 1.54) is 0 Å². The molecular weight excluding hydrogens is 374 g/mol. The zero-order chi connectivity index (χ0) is 20.0. The van der Waals surface area contributed by atoms with Crippen LogP contribution in [0.4, 0.5) is 5.69 Å².